The molecule has 5 nitrogen and oxygen atoms in total. The van der Waals surface area contributed by atoms with Crippen molar-refractivity contribution in [2.24, 2.45) is 0 Å². The highest BCUT2D eigenvalue weighted by atomic mass is 19.1. The van der Waals surface area contributed by atoms with Crippen molar-refractivity contribution in [1.29, 1.82) is 0 Å². The lowest BCUT2D eigenvalue weighted by Gasteiger charge is -2.29. The van der Waals surface area contributed by atoms with Crippen molar-refractivity contribution in [3.63, 3.8) is 0 Å². The summed E-state index contributed by atoms with van der Waals surface area (Å²) in [6, 6.07) is 14.4. The molecule has 2 amide bonds. The maximum Gasteiger partial charge on any atom is 0.319 e. The summed E-state index contributed by atoms with van der Waals surface area (Å²) in [5.41, 5.74) is 2.13. The lowest BCUT2D eigenvalue weighted by atomic mass is 10.0. The number of rotatable bonds is 5. The van der Waals surface area contributed by atoms with Crippen molar-refractivity contribution in [3.8, 4) is 0 Å². The molecule has 1 fully saturated rings. The third-order valence-corrected chi connectivity index (χ3v) is 4.49. The monoisotopic (exact) mass is 357 g/mol. The van der Waals surface area contributed by atoms with E-state index in [0.29, 0.717) is 44.2 Å². The fourth-order valence-electron chi connectivity index (χ4n) is 2.97. The number of ether oxygens (including phenoxy) is 1. The van der Waals surface area contributed by atoms with Gasteiger partial charge in [0, 0.05) is 25.3 Å². The fourth-order valence-corrected chi connectivity index (χ4v) is 2.97. The second kappa shape index (κ2) is 8.67. The quantitative estimate of drug-likeness (QED) is 0.860. The lowest BCUT2D eigenvalue weighted by molar-refractivity contribution is 0.122. The minimum absolute atomic E-state index is 0.197. The molecule has 2 aromatic rings. The average molecular weight is 357 g/mol. The van der Waals surface area contributed by atoms with Gasteiger partial charge in [0.25, 0.3) is 0 Å². The Morgan fingerprint density at radius 3 is 2.62 bits per heavy atom. The summed E-state index contributed by atoms with van der Waals surface area (Å²) in [6.07, 6.45) is 0. The zero-order valence-electron chi connectivity index (χ0n) is 14.9. The number of urea groups is 1. The molecule has 0 radical (unpaired) electrons. The summed E-state index contributed by atoms with van der Waals surface area (Å²) >= 11 is 0. The number of hydrogen-bond donors (Lipinski definition) is 2. The molecule has 3 rings (SSSR count). The van der Waals surface area contributed by atoms with Crippen LogP contribution in [0.1, 0.15) is 18.4 Å². The van der Waals surface area contributed by atoms with Gasteiger partial charge in [0.15, 0.2) is 0 Å². The number of carbonyl (C=O) groups excluding carboxylic acids is 1. The van der Waals surface area contributed by atoms with Crippen LogP contribution in [0, 0.1) is 5.82 Å². The first-order chi connectivity index (χ1) is 12.6. The molecule has 1 unspecified atom stereocenters. The normalized spacial score (nSPS) is 15.4. The van der Waals surface area contributed by atoms with Crippen molar-refractivity contribution in [3.05, 3.63) is 59.9 Å². The van der Waals surface area contributed by atoms with E-state index in [1.54, 1.807) is 12.1 Å². The Bertz CT molecular complexity index is 733. The molecule has 1 aliphatic heterocycles. The maximum atomic E-state index is 14.4. The van der Waals surface area contributed by atoms with E-state index in [1.807, 2.05) is 42.2 Å². The van der Waals surface area contributed by atoms with Crippen LogP contribution in [0.2, 0.25) is 0 Å². The van der Waals surface area contributed by atoms with E-state index in [0.717, 1.165) is 5.56 Å². The van der Waals surface area contributed by atoms with E-state index in [9.17, 15) is 9.18 Å². The number of benzene rings is 2. The standard InChI is InChI=1S/C20H24FN3O2/c1-15(16-5-3-2-4-6-16)14-22-20(25)23-17-7-8-19(18(21)13-17)24-9-11-26-12-10-24/h2-8,13,15H,9-12,14H2,1H3,(H2,22,23,25). The van der Waals surface area contributed by atoms with Crippen molar-refractivity contribution in [1.82, 2.24) is 5.32 Å². The second-order valence-corrected chi connectivity index (χ2v) is 6.41. The van der Waals surface area contributed by atoms with Gasteiger partial charge in [0.1, 0.15) is 5.82 Å². The fraction of sp³-hybridized carbons (Fsp3) is 0.350. The average Bonchev–Trinajstić information content (AvgIpc) is 2.67. The first-order valence-electron chi connectivity index (χ1n) is 8.85. The summed E-state index contributed by atoms with van der Waals surface area (Å²) in [5.74, 6) is -0.148. The maximum absolute atomic E-state index is 14.4. The summed E-state index contributed by atoms with van der Waals surface area (Å²) in [6.45, 7) is 5.09. The Labute approximate surface area is 153 Å². The van der Waals surface area contributed by atoms with E-state index >= 15 is 0 Å². The number of anilines is 2. The topological polar surface area (TPSA) is 53.6 Å². The number of amides is 2. The highest BCUT2D eigenvalue weighted by Gasteiger charge is 2.16. The molecule has 0 aliphatic carbocycles. The molecule has 1 aliphatic rings. The van der Waals surface area contributed by atoms with Crippen LogP contribution in [0.5, 0.6) is 0 Å². The third kappa shape index (κ3) is 4.73. The molecule has 0 spiro atoms. The Kier molecular flexibility index (Phi) is 6.07. The Balaban J connectivity index is 1.53. The van der Waals surface area contributed by atoms with Crippen LogP contribution in [0.3, 0.4) is 0 Å². The Hall–Kier alpha value is -2.60. The van der Waals surface area contributed by atoms with Gasteiger partial charge in [-0.2, -0.15) is 0 Å². The van der Waals surface area contributed by atoms with Gasteiger partial charge in [-0.05, 0) is 29.7 Å². The molecular weight excluding hydrogens is 333 g/mol. The Morgan fingerprint density at radius 2 is 1.92 bits per heavy atom. The van der Waals surface area contributed by atoms with Crippen LogP contribution < -0.4 is 15.5 Å². The number of halogens is 1. The van der Waals surface area contributed by atoms with E-state index in [4.69, 9.17) is 4.74 Å². The van der Waals surface area contributed by atoms with Gasteiger partial charge in [0.05, 0.1) is 18.9 Å². The van der Waals surface area contributed by atoms with Gasteiger partial charge in [-0.3, -0.25) is 0 Å². The predicted octanol–water partition coefficient (Wildman–Crippen LogP) is 3.59. The van der Waals surface area contributed by atoms with E-state index in [-0.39, 0.29) is 17.8 Å². The number of morpholine rings is 1. The van der Waals surface area contributed by atoms with E-state index in [1.165, 1.54) is 6.07 Å². The van der Waals surface area contributed by atoms with Crippen LogP contribution in [0.15, 0.2) is 48.5 Å². The Morgan fingerprint density at radius 1 is 1.19 bits per heavy atom. The van der Waals surface area contributed by atoms with Crippen LogP contribution in [0.25, 0.3) is 0 Å². The number of hydrogen-bond acceptors (Lipinski definition) is 3. The van der Waals surface area contributed by atoms with Crippen LogP contribution in [-0.2, 0) is 4.74 Å². The van der Waals surface area contributed by atoms with Gasteiger partial charge in [-0.15, -0.1) is 0 Å². The minimum Gasteiger partial charge on any atom is -0.378 e. The molecule has 138 valence electrons. The first kappa shape index (κ1) is 18.2. The van der Waals surface area contributed by atoms with Gasteiger partial charge >= 0.3 is 6.03 Å². The number of nitrogens with one attached hydrogen (secondary N) is 2. The van der Waals surface area contributed by atoms with E-state index in [2.05, 4.69) is 10.6 Å². The molecule has 6 heteroatoms. The highest BCUT2D eigenvalue weighted by Crippen LogP contribution is 2.23. The predicted molar refractivity (Wildman–Crippen MR) is 101 cm³/mol. The molecule has 1 saturated heterocycles. The highest BCUT2D eigenvalue weighted by molar-refractivity contribution is 5.89. The molecule has 1 atom stereocenters. The lowest BCUT2D eigenvalue weighted by Crippen LogP contribution is -2.36. The van der Waals surface area contributed by atoms with Crippen molar-refractivity contribution >= 4 is 17.4 Å². The zero-order valence-corrected chi connectivity index (χ0v) is 14.9. The van der Waals surface area contributed by atoms with Gasteiger partial charge in [0.2, 0.25) is 0 Å². The van der Waals surface area contributed by atoms with Gasteiger partial charge in [-0.1, -0.05) is 37.3 Å². The largest absolute Gasteiger partial charge is 0.378 e. The third-order valence-electron chi connectivity index (χ3n) is 4.49. The van der Waals surface area contributed by atoms with Crippen LogP contribution in [-0.4, -0.2) is 38.9 Å². The molecule has 2 N–H and O–H groups in total. The van der Waals surface area contributed by atoms with Crippen LogP contribution in [0.4, 0.5) is 20.6 Å². The molecule has 26 heavy (non-hydrogen) atoms. The summed E-state index contributed by atoms with van der Waals surface area (Å²) < 4.78 is 19.7. The SMILES string of the molecule is CC(CNC(=O)Nc1ccc(N2CCOCC2)c(F)c1)c1ccccc1. The molecule has 1 heterocycles. The van der Waals surface area contributed by atoms with Crippen molar-refractivity contribution in [2.45, 2.75) is 12.8 Å². The van der Waals surface area contributed by atoms with Crippen molar-refractivity contribution < 1.29 is 13.9 Å². The van der Waals surface area contributed by atoms with Crippen molar-refractivity contribution in [2.75, 3.05) is 43.1 Å². The molecule has 0 aromatic heterocycles. The number of nitrogens with zero attached hydrogens (tertiary/aromatic N) is 1. The minimum atomic E-state index is -0.345. The van der Waals surface area contributed by atoms with Gasteiger partial charge < -0.3 is 20.3 Å². The molecular formula is C20H24FN3O2. The molecule has 0 saturated carbocycles. The summed E-state index contributed by atoms with van der Waals surface area (Å²) in [5, 5.41) is 5.51. The smallest absolute Gasteiger partial charge is 0.319 e. The molecule has 0 bridgehead atoms. The van der Waals surface area contributed by atoms with E-state index < -0.39 is 0 Å². The zero-order chi connectivity index (χ0) is 18.4. The van der Waals surface area contributed by atoms with Crippen LogP contribution >= 0.6 is 0 Å². The summed E-state index contributed by atoms with van der Waals surface area (Å²) in [7, 11) is 0. The number of carbonyl (C=O) groups is 1. The first-order valence-corrected chi connectivity index (χ1v) is 8.85. The second-order valence-electron chi connectivity index (χ2n) is 6.41. The molecule has 2 aromatic carbocycles. The summed E-state index contributed by atoms with van der Waals surface area (Å²) in [4.78, 5) is 14.0. The van der Waals surface area contributed by atoms with Gasteiger partial charge in [-0.25, -0.2) is 9.18 Å².